The maximum atomic E-state index is 13.5. The van der Waals surface area contributed by atoms with Gasteiger partial charge in [-0.25, -0.2) is 0 Å². The van der Waals surface area contributed by atoms with Crippen molar-refractivity contribution in [2.45, 2.75) is 31.4 Å². The third-order valence-corrected chi connectivity index (χ3v) is 9.72. The van der Waals surface area contributed by atoms with Crippen LogP contribution in [0.4, 0.5) is 13.2 Å². The van der Waals surface area contributed by atoms with Crippen LogP contribution in [0.3, 0.4) is 0 Å². The fraction of sp³-hybridized carbons (Fsp3) is 0.652. The molecule has 4 bridgehead atoms. The molecule has 1 heterocycles. The third kappa shape index (κ3) is 1.65. The van der Waals surface area contributed by atoms with E-state index in [4.69, 9.17) is 0 Å². The number of carbonyl (C=O) groups is 2. The lowest BCUT2D eigenvalue weighted by molar-refractivity contribution is -0.256. The maximum Gasteiger partial charge on any atom is 0.416 e. The molecule has 1 aromatic carbocycles. The number of amides is 1. The summed E-state index contributed by atoms with van der Waals surface area (Å²) in [5.74, 6) is 3.57. The summed E-state index contributed by atoms with van der Waals surface area (Å²) in [7, 11) is 0. The highest BCUT2D eigenvalue weighted by Gasteiger charge is 2.96. The summed E-state index contributed by atoms with van der Waals surface area (Å²) in [6.07, 6.45) is -1.58. The molecule has 1 aliphatic heterocycles. The summed E-state index contributed by atoms with van der Waals surface area (Å²) in [6, 6.07) is 5.47. The highest BCUT2D eigenvalue weighted by atomic mass is 19.4. The highest BCUT2D eigenvalue weighted by molar-refractivity contribution is 6.04. The van der Waals surface area contributed by atoms with Crippen molar-refractivity contribution in [3.05, 3.63) is 35.4 Å². The van der Waals surface area contributed by atoms with E-state index in [-0.39, 0.29) is 29.1 Å². The van der Waals surface area contributed by atoms with E-state index in [9.17, 15) is 22.8 Å². The molecule has 6 heteroatoms. The summed E-state index contributed by atoms with van der Waals surface area (Å²) in [5.41, 5.74) is -0.0394. The van der Waals surface area contributed by atoms with Crippen molar-refractivity contribution in [3.63, 3.8) is 0 Å². The average molecular weight is 401 g/mol. The van der Waals surface area contributed by atoms with Gasteiger partial charge in [-0.1, -0.05) is 12.1 Å². The minimum absolute atomic E-state index is 0.0198. The lowest BCUT2D eigenvalue weighted by Gasteiger charge is -2.71. The Balaban J connectivity index is 1.07. The second-order valence-corrected chi connectivity index (χ2v) is 10.2. The number of alkyl halides is 3. The molecular weight excluding hydrogens is 379 g/mol. The van der Waals surface area contributed by atoms with Crippen molar-refractivity contribution in [3.8, 4) is 0 Å². The summed E-state index contributed by atoms with van der Waals surface area (Å²) in [4.78, 5) is 28.3. The van der Waals surface area contributed by atoms with E-state index in [0.29, 0.717) is 48.5 Å². The van der Waals surface area contributed by atoms with Crippen LogP contribution in [0.25, 0.3) is 0 Å². The lowest BCUT2D eigenvalue weighted by Crippen LogP contribution is -2.75. The summed E-state index contributed by atoms with van der Waals surface area (Å²) in [5, 5.41) is 0. The molecule has 8 unspecified atom stereocenters. The van der Waals surface area contributed by atoms with Crippen LogP contribution in [-0.2, 0) is 15.8 Å². The van der Waals surface area contributed by atoms with Gasteiger partial charge in [0.05, 0.1) is 11.0 Å². The van der Waals surface area contributed by atoms with Crippen LogP contribution in [0.2, 0.25) is 0 Å². The fourth-order valence-electron chi connectivity index (χ4n) is 9.03. The molecule has 1 saturated heterocycles. The number of hydrogen-bond acceptors (Lipinski definition) is 2. The van der Waals surface area contributed by atoms with Gasteiger partial charge in [-0.2, -0.15) is 13.2 Å². The van der Waals surface area contributed by atoms with Crippen LogP contribution < -0.4 is 0 Å². The van der Waals surface area contributed by atoms with Crippen molar-refractivity contribution in [2.75, 3.05) is 13.1 Å². The first-order chi connectivity index (χ1) is 13.8. The molecule has 8 atom stereocenters. The number of likely N-dealkylation sites (tertiary alicyclic amines) is 1. The minimum Gasteiger partial charge on any atom is -0.342 e. The van der Waals surface area contributed by atoms with Gasteiger partial charge in [0.1, 0.15) is 5.78 Å². The number of Topliss-reactive ketones (excluding diaryl/α,β-unsaturated/α-hetero) is 1. The third-order valence-electron chi connectivity index (χ3n) is 9.72. The van der Waals surface area contributed by atoms with Crippen LogP contribution in [0.5, 0.6) is 0 Å². The molecule has 6 aliphatic carbocycles. The number of carbonyl (C=O) groups excluding carboxylic acids is 2. The number of hydrogen-bond donors (Lipinski definition) is 0. The van der Waals surface area contributed by atoms with Gasteiger partial charge in [0, 0.05) is 24.9 Å². The van der Waals surface area contributed by atoms with Gasteiger partial charge in [0.2, 0.25) is 5.91 Å². The number of ketones is 1. The molecule has 152 valence electrons. The standard InChI is InChI=1S/C23H22F3NO2/c24-23(25,26)12-3-1-10(2-4-12)11-5-7-27(8-6-11)21(29)22-17-14-9-13-15(17)19(22)20(28)16(13)18(14)22/h1-4,11,13-19H,5-9H2. The largest absolute Gasteiger partial charge is 0.416 e. The number of benzene rings is 1. The Morgan fingerprint density at radius 2 is 1.72 bits per heavy atom. The van der Waals surface area contributed by atoms with E-state index < -0.39 is 11.7 Å². The molecule has 0 spiro atoms. The van der Waals surface area contributed by atoms with Gasteiger partial charge in [-0.15, -0.1) is 0 Å². The van der Waals surface area contributed by atoms with Crippen LogP contribution in [-0.4, -0.2) is 29.7 Å². The summed E-state index contributed by atoms with van der Waals surface area (Å²) in [6.45, 7) is 1.30. The summed E-state index contributed by atoms with van der Waals surface area (Å²) >= 11 is 0. The SMILES string of the molecule is O=C1C2C3CC4C2C2(C(=O)N5CCC(c6ccc(C(F)(F)F)cc6)CC5)C1C3C42. The van der Waals surface area contributed by atoms with Crippen molar-refractivity contribution in [2.24, 2.45) is 46.8 Å². The second kappa shape index (κ2) is 4.89. The Bertz CT molecular complexity index is 948. The minimum atomic E-state index is -4.31. The van der Waals surface area contributed by atoms with E-state index in [1.165, 1.54) is 6.42 Å². The summed E-state index contributed by atoms with van der Waals surface area (Å²) < 4.78 is 38.3. The quantitative estimate of drug-likeness (QED) is 0.757. The number of piperidine rings is 1. The molecule has 1 amide bonds. The Labute approximate surface area is 166 Å². The molecule has 7 fully saturated rings. The molecule has 3 nitrogen and oxygen atoms in total. The molecule has 7 aliphatic rings. The van der Waals surface area contributed by atoms with Gasteiger partial charge < -0.3 is 4.90 Å². The molecular formula is C23H22F3NO2. The Hall–Kier alpha value is -1.85. The van der Waals surface area contributed by atoms with Crippen LogP contribution in [0.15, 0.2) is 24.3 Å². The maximum absolute atomic E-state index is 13.5. The van der Waals surface area contributed by atoms with Gasteiger partial charge in [0.25, 0.3) is 0 Å². The molecule has 6 saturated carbocycles. The second-order valence-electron chi connectivity index (χ2n) is 10.2. The zero-order valence-electron chi connectivity index (χ0n) is 15.9. The lowest BCUT2D eigenvalue weighted by atomic mass is 9.31. The Morgan fingerprint density at radius 3 is 2.34 bits per heavy atom. The smallest absolute Gasteiger partial charge is 0.342 e. The normalized spacial score (nSPS) is 46.2. The monoisotopic (exact) mass is 401 g/mol. The molecule has 8 rings (SSSR count). The van der Waals surface area contributed by atoms with Crippen LogP contribution in [0.1, 0.15) is 36.3 Å². The number of nitrogens with zero attached hydrogens (tertiary/aromatic N) is 1. The molecule has 0 radical (unpaired) electrons. The first-order valence-electron chi connectivity index (χ1n) is 10.9. The van der Waals surface area contributed by atoms with E-state index in [0.717, 1.165) is 30.5 Å². The molecule has 1 aromatic rings. The first kappa shape index (κ1) is 16.9. The van der Waals surface area contributed by atoms with Crippen molar-refractivity contribution in [1.82, 2.24) is 4.90 Å². The Kier molecular flexibility index (Phi) is 2.85. The van der Waals surface area contributed by atoms with Crippen molar-refractivity contribution in [1.29, 1.82) is 0 Å². The van der Waals surface area contributed by atoms with E-state index in [2.05, 4.69) is 0 Å². The number of halogens is 3. The van der Waals surface area contributed by atoms with E-state index >= 15 is 0 Å². The van der Waals surface area contributed by atoms with Gasteiger partial charge in [-0.05, 0) is 72.5 Å². The van der Waals surface area contributed by atoms with E-state index in [1.54, 1.807) is 12.1 Å². The van der Waals surface area contributed by atoms with E-state index in [1.807, 2.05) is 4.90 Å². The topological polar surface area (TPSA) is 37.4 Å². The van der Waals surface area contributed by atoms with Gasteiger partial charge in [-0.3, -0.25) is 9.59 Å². The molecule has 29 heavy (non-hydrogen) atoms. The van der Waals surface area contributed by atoms with Crippen molar-refractivity contribution < 1.29 is 22.8 Å². The van der Waals surface area contributed by atoms with Crippen LogP contribution >= 0.6 is 0 Å². The predicted molar refractivity (Wildman–Crippen MR) is 96.5 cm³/mol. The zero-order valence-corrected chi connectivity index (χ0v) is 15.9. The van der Waals surface area contributed by atoms with Gasteiger partial charge in [0.15, 0.2) is 0 Å². The molecule has 0 N–H and O–H groups in total. The molecule has 0 aromatic heterocycles. The Morgan fingerprint density at radius 1 is 1.03 bits per heavy atom. The first-order valence-corrected chi connectivity index (χ1v) is 10.9. The predicted octanol–water partition coefficient (Wildman–Crippen LogP) is 3.74. The highest BCUT2D eigenvalue weighted by Crippen LogP contribution is 2.93. The van der Waals surface area contributed by atoms with Crippen molar-refractivity contribution >= 4 is 11.7 Å². The number of rotatable bonds is 2. The van der Waals surface area contributed by atoms with Gasteiger partial charge >= 0.3 is 6.18 Å². The van der Waals surface area contributed by atoms with Crippen LogP contribution in [0, 0.1) is 46.8 Å². The zero-order chi connectivity index (χ0) is 19.9. The average Bonchev–Trinajstić information content (AvgIpc) is 3.22. The fourth-order valence-corrected chi connectivity index (χ4v) is 9.03.